The zero-order valence-electron chi connectivity index (χ0n) is 11.5. The molecule has 0 saturated heterocycles. The lowest BCUT2D eigenvalue weighted by molar-refractivity contribution is 0.640. The first-order valence-corrected chi connectivity index (χ1v) is 6.58. The number of hydrogen-bond donors (Lipinski definition) is 2. The lowest BCUT2D eigenvalue weighted by Gasteiger charge is -2.22. The van der Waals surface area contributed by atoms with Gasteiger partial charge in [0.25, 0.3) is 0 Å². The van der Waals surface area contributed by atoms with Crippen LogP contribution in [0.25, 0.3) is 0 Å². The van der Waals surface area contributed by atoms with Crippen LogP contribution in [0.3, 0.4) is 0 Å². The Bertz CT molecular complexity index is 420. The Morgan fingerprint density at radius 1 is 1.33 bits per heavy atom. The largest absolute Gasteiger partial charge is 0.386 e. The van der Waals surface area contributed by atoms with Gasteiger partial charge in [-0.3, -0.25) is 0 Å². The van der Waals surface area contributed by atoms with Crippen LogP contribution in [-0.4, -0.2) is 20.1 Å². The quantitative estimate of drug-likeness (QED) is 0.855. The van der Waals surface area contributed by atoms with E-state index in [1.807, 2.05) is 0 Å². The van der Waals surface area contributed by atoms with Gasteiger partial charge in [-0.05, 0) is 29.7 Å². The summed E-state index contributed by atoms with van der Waals surface area (Å²) in [7, 11) is 2.13. The van der Waals surface area contributed by atoms with Crippen LogP contribution in [0, 0.1) is 5.92 Å². The van der Waals surface area contributed by atoms with Gasteiger partial charge < -0.3 is 16.0 Å². The maximum Gasteiger partial charge on any atom is 0.0923 e. The maximum absolute atomic E-state index is 5.72. The van der Waals surface area contributed by atoms with E-state index in [1.54, 1.807) is 0 Å². The number of rotatable bonds is 4. The molecule has 98 valence electrons. The average Bonchev–Trinajstić information content (AvgIpc) is 2.75. The Labute approximate surface area is 110 Å². The summed E-state index contributed by atoms with van der Waals surface area (Å²) < 4.78 is 0. The molecule has 3 N–H and O–H groups in total. The predicted molar refractivity (Wildman–Crippen MR) is 77.6 cm³/mol. The molecular formula is C15H23N3. The highest BCUT2D eigenvalue weighted by molar-refractivity contribution is 5.47. The molecule has 1 aromatic carbocycles. The Morgan fingerprint density at radius 3 is 2.50 bits per heavy atom. The summed E-state index contributed by atoms with van der Waals surface area (Å²) in [5.74, 6) is 1.90. The second-order valence-electron chi connectivity index (χ2n) is 5.39. The van der Waals surface area contributed by atoms with Crippen molar-refractivity contribution in [3.05, 3.63) is 41.7 Å². The van der Waals surface area contributed by atoms with Crippen molar-refractivity contribution >= 4 is 5.69 Å². The minimum absolute atomic E-state index is 0.500. The monoisotopic (exact) mass is 245 g/mol. The van der Waals surface area contributed by atoms with Crippen molar-refractivity contribution in [1.82, 2.24) is 5.32 Å². The Kier molecular flexibility index (Phi) is 3.80. The molecule has 1 aromatic rings. The first kappa shape index (κ1) is 12.8. The zero-order valence-corrected chi connectivity index (χ0v) is 11.5. The summed E-state index contributed by atoms with van der Waals surface area (Å²) in [6.07, 6.45) is 2.11. The second kappa shape index (κ2) is 5.34. The predicted octanol–water partition coefficient (Wildman–Crippen LogP) is 2.27. The molecule has 1 aliphatic heterocycles. The molecule has 3 nitrogen and oxygen atoms in total. The topological polar surface area (TPSA) is 41.3 Å². The molecule has 0 aliphatic carbocycles. The van der Waals surface area contributed by atoms with E-state index in [1.165, 1.54) is 11.3 Å². The van der Waals surface area contributed by atoms with Gasteiger partial charge in [0.05, 0.1) is 5.82 Å². The Morgan fingerprint density at radius 2 is 2.00 bits per heavy atom. The van der Waals surface area contributed by atoms with Crippen LogP contribution in [0.15, 0.2) is 36.2 Å². The van der Waals surface area contributed by atoms with Gasteiger partial charge in [0, 0.05) is 31.7 Å². The summed E-state index contributed by atoms with van der Waals surface area (Å²) in [6, 6.07) is 8.83. The highest BCUT2D eigenvalue weighted by Gasteiger charge is 2.15. The molecule has 0 fully saturated rings. The molecule has 18 heavy (non-hydrogen) atoms. The summed E-state index contributed by atoms with van der Waals surface area (Å²) in [5.41, 5.74) is 8.37. The smallest absolute Gasteiger partial charge is 0.0923 e. The third-order valence-electron chi connectivity index (χ3n) is 3.49. The second-order valence-corrected chi connectivity index (χ2v) is 5.39. The molecule has 3 heteroatoms. The van der Waals surface area contributed by atoms with Crippen molar-refractivity contribution in [2.45, 2.75) is 19.8 Å². The van der Waals surface area contributed by atoms with E-state index < -0.39 is 0 Å². The van der Waals surface area contributed by atoms with Crippen molar-refractivity contribution in [1.29, 1.82) is 0 Å². The van der Waals surface area contributed by atoms with Crippen LogP contribution in [-0.2, 0) is 0 Å². The van der Waals surface area contributed by atoms with Gasteiger partial charge >= 0.3 is 0 Å². The first-order chi connectivity index (χ1) is 8.56. The number of nitrogens with zero attached hydrogens (tertiary/aromatic N) is 1. The van der Waals surface area contributed by atoms with Crippen molar-refractivity contribution < 1.29 is 0 Å². The van der Waals surface area contributed by atoms with E-state index in [0.717, 1.165) is 18.9 Å². The van der Waals surface area contributed by atoms with Gasteiger partial charge in [0.15, 0.2) is 0 Å². The highest BCUT2D eigenvalue weighted by Crippen LogP contribution is 2.20. The molecule has 0 spiro atoms. The van der Waals surface area contributed by atoms with Gasteiger partial charge in [-0.15, -0.1) is 0 Å². The molecule has 1 atom stereocenters. The summed E-state index contributed by atoms with van der Waals surface area (Å²) in [5, 5.41) is 3.16. The van der Waals surface area contributed by atoms with Crippen LogP contribution < -0.4 is 16.0 Å². The number of benzene rings is 1. The molecule has 0 amide bonds. The molecule has 0 bridgehead atoms. The molecule has 2 rings (SSSR count). The zero-order chi connectivity index (χ0) is 13.1. The minimum atomic E-state index is 0.500. The van der Waals surface area contributed by atoms with Crippen molar-refractivity contribution in [2.75, 3.05) is 25.0 Å². The van der Waals surface area contributed by atoms with Gasteiger partial charge in [-0.1, -0.05) is 26.0 Å². The third kappa shape index (κ3) is 2.97. The van der Waals surface area contributed by atoms with E-state index in [9.17, 15) is 0 Å². The normalized spacial score (nSPS) is 18.7. The molecular weight excluding hydrogens is 222 g/mol. The van der Waals surface area contributed by atoms with E-state index in [0.29, 0.717) is 11.8 Å². The summed E-state index contributed by atoms with van der Waals surface area (Å²) in [4.78, 5) is 2.28. The highest BCUT2D eigenvalue weighted by atomic mass is 15.1. The molecule has 1 heterocycles. The standard InChI is InChI=1S/C15H23N3/c1-11(2)13-4-6-14(7-5-13)18(3)10-12-8-15(16)17-9-12/h4-8,11-12,17H,9-10,16H2,1-3H3/t12-/m0/s1. The van der Waals surface area contributed by atoms with Crippen LogP contribution in [0.1, 0.15) is 25.3 Å². The maximum atomic E-state index is 5.72. The van der Waals surface area contributed by atoms with Crippen molar-refractivity contribution in [3.63, 3.8) is 0 Å². The Hall–Kier alpha value is -1.64. The minimum Gasteiger partial charge on any atom is -0.386 e. The van der Waals surface area contributed by atoms with Crippen molar-refractivity contribution in [2.24, 2.45) is 11.7 Å². The fourth-order valence-corrected chi connectivity index (χ4v) is 2.31. The molecule has 0 saturated carbocycles. The van der Waals surface area contributed by atoms with Crippen LogP contribution >= 0.6 is 0 Å². The summed E-state index contributed by atoms with van der Waals surface area (Å²) in [6.45, 7) is 6.38. The van der Waals surface area contributed by atoms with Gasteiger partial charge in [0.1, 0.15) is 0 Å². The average molecular weight is 245 g/mol. The number of hydrogen-bond acceptors (Lipinski definition) is 3. The fraction of sp³-hybridized carbons (Fsp3) is 0.467. The fourth-order valence-electron chi connectivity index (χ4n) is 2.31. The van der Waals surface area contributed by atoms with E-state index in [-0.39, 0.29) is 0 Å². The first-order valence-electron chi connectivity index (χ1n) is 6.58. The molecule has 0 aromatic heterocycles. The van der Waals surface area contributed by atoms with Gasteiger partial charge in [-0.2, -0.15) is 0 Å². The summed E-state index contributed by atoms with van der Waals surface area (Å²) >= 11 is 0. The van der Waals surface area contributed by atoms with Gasteiger partial charge in [-0.25, -0.2) is 0 Å². The van der Waals surface area contributed by atoms with Crippen LogP contribution in [0.4, 0.5) is 5.69 Å². The van der Waals surface area contributed by atoms with Crippen LogP contribution in [0.2, 0.25) is 0 Å². The molecule has 0 unspecified atom stereocenters. The van der Waals surface area contributed by atoms with Crippen molar-refractivity contribution in [3.8, 4) is 0 Å². The lowest BCUT2D eigenvalue weighted by Crippen LogP contribution is -2.27. The van der Waals surface area contributed by atoms with Gasteiger partial charge in [0.2, 0.25) is 0 Å². The number of nitrogens with one attached hydrogen (secondary N) is 1. The Balaban J connectivity index is 1.98. The molecule has 0 radical (unpaired) electrons. The number of anilines is 1. The SMILES string of the molecule is CC(C)c1ccc(N(C)C[C@H]2C=C(N)NC2)cc1. The molecule has 1 aliphatic rings. The van der Waals surface area contributed by atoms with Crippen LogP contribution in [0.5, 0.6) is 0 Å². The number of nitrogens with two attached hydrogens (primary N) is 1. The van der Waals surface area contributed by atoms with E-state index in [4.69, 9.17) is 5.73 Å². The van der Waals surface area contributed by atoms with E-state index in [2.05, 4.69) is 61.5 Å². The third-order valence-corrected chi connectivity index (χ3v) is 3.49. The lowest BCUT2D eigenvalue weighted by atomic mass is 10.0. The van der Waals surface area contributed by atoms with E-state index >= 15 is 0 Å².